The average Bonchev–Trinajstić information content (AvgIpc) is 2.54. The zero-order chi connectivity index (χ0) is 19.5. The Morgan fingerprint density at radius 3 is 1.84 bits per heavy atom. The lowest BCUT2D eigenvalue weighted by Crippen LogP contribution is -2.41. The van der Waals surface area contributed by atoms with Crippen LogP contribution in [-0.2, 0) is 19.1 Å². The summed E-state index contributed by atoms with van der Waals surface area (Å²) in [6.07, 6.45) is 5.25. The predicted octanol–water partition coefficient (Wildman–Crippen LogP) is 5.39. The third-order valence-electron chi connectivity index (χ3n) is 4.86. The van der Waals surface area contributed by atoms with Crippen molar-refractivity contribution in [3.05, 3.63) is 0 Å². The van der Waals surface area contributed by atoms with Crippen molar-refractivity contribution in [2.24, 2.45) is 23.2 Å². The standard InChI is InChI=1S/C21H40O4/c1-8-21(9-2,20(23)25-15-17(5)6)19(22)24-14-13-18(7)12-10-11-16(3)4/h16-18H,8-15H2,1-7H3. The second-order valence-electron chi connectivity index (χ2n) is 8.14. The molecule has 4 nitrogen and oxygen atoms in total. The van der Waals surface area contributed by atoms with Gasteiger partial charge in [-0.15, -0.1) is 0 Å². The minimum Gasteiger partial charge on any atom is -0.465 e. The van der Waals surface area contributed by atoms with Crippen LogP contribution in [0.25, 0.3) is 0 Å². The van der Waals surface area contributed by atoms with Crippen LogP contribution in [0.3, 0.4) is 0 Å². The molecule has 0 saturated carbocycles. The molecule has 0 radical (unpaired) electrons. The van der Waals surface area contributed by atoms with Gasteiger partial charge in [0.2, 0.25) is 0 Å². The van der Waals surface area contributed by atoms with Gasteiger partial charge in [-0.1, -0.05) is 67.7 Å². The summed E-state index contributed by atoms with van der Waals surface area (Å²) >= 11 is 0. The summed E-state index contributed by atoms with van der Waals surface area (Å²) in [5.74, 6) is 0.633. The molecule has 0 N–H and O–H groups in total. The van der Waals surface area contributed by atoms with Crippen molar-refractivity contribution in [2.75, 3.05) is 13.2 Å². The van der Waals surface area contributed by atoms with E-state index in [0.717, 1.165) is 18.8 Å². The summed E-state index contributed by atoms with van der Waals surface area (Å²) in [4.78, 5) is 25.0. The number of ether oxygens (including phenoxy) is 2. The van der Waals surface area contributed by atoms with Crippen molar-refractivity contribution >= 4 is 11.9 Å². The molecule has 0 aliphatic rings. The lowest BCUT2D eigenvalue weighted by Gasteiger charge is -2.27. The number of hydrogen-bond donors (Lipinski definition) is 0. The molecule has 0 amide bonds. The third-order valence-corrected chi connectivity index (χ3v) is 4.86. The topological polar surface area (TPSA) is 52.6 Å². The monoisotopic (exact) mass is 356 g/mol. The van der Waals surface area contributed by atoms with Gasteiger partial charge in [0.25, 0.3) is 0 Å². The molecule has 1 unspecified atom stereocenters. The number of carbonyl (C=O) groups is 2. The van der Waals surface area contributed by atoms with Crippen LogP contribution in [-0.4, -0.2) is 25.2 Å². The van der Waals surface area contributed by atoms with Crippen molar-refractivity contribution in [3.63, 3.8) is 0 Å². The summed E-state index contributed by atoms with van der Waals surface area (Å²) in [5.41, 5.74) is -1.16. The number of rotatable bonds is 13. The zero-order valence-corrected chi connectivity index (χ0v) is 17.5. The van der Waals surface area contributed by atoms with Gasteiger partial charge >= 0.3 is 11.9 Å². The molecule has 148 valence electrons. The van der Waals surface area contributed by atoms with E-state index in [4.69, 9.17) is 9.47 Å². The van der Waals surface area contributed by atoms with E-state index >= 15 is 0 Å². The first-order chi connectivity index (χ1) is 11.7. The largest absolute Gasteiger partial charge is 0.465 e. The molecule has 0 saturated heterocycles. The van der Waals surface area contributed by atoms with Crippen LogP contribution in [0.4, 0.5) is 0 Å². The first-order valence-corrected chi connectivity index (χ1v) is 10.0. The van der Waals surface area contributed by atoms with Gasteiger partial charge in [0.1, 0.15) is 0 Å². The molecule has 0 aliphatic heterocycles. The van der Waals surface area contributed by atoms with Gasteiger partial charge in [-0.3, -0.25) is 9.59 Å². The van der Waals surface area contributed by atoms with Crippen molar-refractivity contribution in [1.29, 1.82) is 0 Å². The first kappa shape index (κ1) is 23.9. The van der Waals surface area contributed by atoms with E-state index in [1.165, 1.54) is 12.8 Å². The number of hydrogen-bond acceptors (Lipinski definition) is 4. The second kappa shape index (κ2) is 12.3. The van der Waals surface area contributed by atoms with Crippen LogP contribution in [0.1, 0.15) is 87.0 Å². The molecule has 25 heavy (non-hydrogen) atoms. The number of carbonyl (C=O) groups excluding carboxylic acids is 2. The van der Waals surface area contributed by atoms with Crippen molar-refractivity contribution in [1.82, 2.24) is 0 Å². The summed E-state index contributed by atoms with van der Waals surface area (Å²) in [7, 11) is 0. The fourth-order valence-corrected chi connectivity index (χ4v) is 2.80. The molecule has 0 fully saturated rings. The lowest BCUT2D eigenvalue weighted by atomic mass is 9.82. The Labute approximate surface area is 155 Å². The molecule has 1 atom stereocenters. The van der Waals surface area contributed by atoms with Crippen LogP contribution < -0.4 is 0 Å². The van der Waals surface area contributed by atoms with E-state index in [-0.39, 0.29) is 5.92 Å². The van der Waals surface area contributed by atoms with Gasteiger partial charge < -0.3 is 9.47 Å². The van der Waals surface area contributed by atoms with Crippen LogP contribution in [0, 0.1) is 23.2 Å². The van der Waals surface area contributed by atoms with Crippen LogP contribution in [0.5, 0.6) is 0 Å². The Bertz CT molecular complexity index is 383. The SMILES string of the molecule is CCC(CC)(C(=O)OCCC(C)CCCC(C)C)C(=O)OCC(C)C. The highest BCUT2D eigenvalue weighted by Gasteiger charge is 2.45. The van der Waals surface area contributed by atoms with Gasteiger partial charge in [-0.05, 0) is 37.0 Å². The van der Waals surface area contributed by atoms with E-state index in [2.05, 4.69) is 20.8 Å². The smallest absolute Gasteiger partial charge is 0.323 e. The van der Waals surface area contributed by atoms with Crippen molar-refractivity contribution < 1.29 is 19.1 Å². The summed E-state index contributed by atoms with van der Waals surface area (Å²) in [6.45, 7) is 15.0. The van der Waals surface area contributed by atoms with Crippen molar-refractivity contribution in [2.45, 2.75) is 87.0 Å². The molecule has 0 aromatic heterocycles. The normalized spacial score (nSPS) is 13.2. The van der Waals surface area contributed by atoms with Gasteiger partial charge in [-0.2, -0.15) is 0 Å². The quantitative estimate of drug-likeness (QED) is 0.328. The van der Waals surface area contributed by atoms with Crippen LogP contribution in [0.15, 0.2) is 0 Å². The highest BCUT2D eigenvalue weighted by atomic mass is 16.6. The van der Waals surface area contributed by atoms with Gasteiger partial charge in [0.15, 0.2) is 5.41 Å². The van der Waals surface area contributed by atoms with E-state index < -0.39 is 17.4 Å². The lowest BCUT2D eigenvalue weighted by molar-refractivity contribution is -0.174. The molecule has 0 bridgehead atoms. The van der Waals surface area contributed by atoms with Crippen molar-refractivity contribution in [3.8, 4) is 0 Å². The van der Waals surface area contributed by atoms with Gasteiger partial charge in [0, 0.05) is 0 Å². The second-order valence-corrected chi connectivity index (χ2v) is 8.14. The highest BCUT2D eigenvalue weighted by molar-refractivity contribution is 5.99. The minimum absolute atomic E-state index is 0.248. The fourth-order valence-electron chi connectivity index (χ4n) is 2.80. The fraction of sp³-hybridized carbons (Fsp3) is 0.905. The van der Waals surface area contributed by atoms with Gasteiger partial charge in [0.05, 0.1) is 13.2 Å². The highest BCUT2D eigenvalue weighted by Crippen LogP contribution is 2.30. The molecule has 0 rings (SSSR count). The molecule has 4 heteroatoms. The zero-order valence-electron chi connectivity index (χ0n) is 17.5. The molecule has 0 aromatic carbocycles. The molecule has 0 aliphatic carbocycles. The summed E-state index contributed by atoms with van der Waals surface area (Å²) in [5, 5.41) is 0. The van der Waals surface area contributed by atoms with E-state index in [1.807, 2.05) is 27.7 Å². The maximum atomic E-state index is 12.6. The molecular formula is C21H40O4. The van der Waals surface area contributed by atoms with E-state index in [1.54, 1.807) is 0 Å². The predicted molar refractivity (Wildman–Crippen MR) is 102 cm³/mol. The Morgan fingerprint density at radius 2 is 1.36 bits per heavy atom. The molecular weight excluding hydrogens is 316 g/mol. The molecule has 0 heterocycles. The Kier molecular flexibility index (Phi) is 11.8. The molecule has 0 aromatic rings. The maximum absolute atomic E-state index is 12.6. The van der Waals surface area contributed by atoms with Crippen LogP contribution in [0.2, 0.25) is 0 Å². The Morgan fingerprint density at radius 1 is 0.800 bits per heavy atom. The first-order valence-electron chi connectivity index (χ1n) is 10.0. The van der Waals surface area contributed by atoms with E-state index in [9.17, 15) is 9.59 Å². The Hall–Kier alpha value is -1.06. The van der Waals surface area contributed by atoms with Crippen LogP contribution >= 0.6 is 0 Å². The summed E-state index contributed by atoms with van der Waals surface area (Å²) in [6, 6.07) is 0. The van der Waals surface area contributed by atoms with Gasteiger partial charge in [-0.25, -0.2) is 0 Å². The Balaban J connectivity index is 4.47. The molecule has 0 spiro atoms. The average molecular weight is 357 g/mol. The van der Waals surface area contributed by atoms with E-state index in [0.29, 0.717) is 32.0 Å². The third kappa shape index (κ3) is 8.73. The maximum Gasteiger partial charge on any atom is 0.323 e. The number of esters is 2. The summed E-state index contributed by atoms with van der Waals surface area (Å²) < 4.78 is 10.8. The minimum atomic E-state index is -1.16.